The summed E-state index contributed by atoms with van der Waals surface area (Å²) in [5.41, 5.74) is 11.3. The van der Waals surface area contributed by atoms with E-state index in [1.807, 2.05) is 6.07 Å². The van der Waals surface area contributed by atoms with Crippen LogP contribution in [0.25, 0.3) is 0 Å². The number of hydrogen-bond acceptors (Lipinski definition) is 3. The number of hydrogen-bond donors (Lipinski definition) is 2. The topological polar surface area (TPSA) is 65.2 Å². The summed E-state index contributed by atoms with van der Waals surface area (Å²) < 4.78 is 5.20. The summed E-state index contributed by atoms with van der Waals surface area (Å²) in [5.74, 6) is 1.90. The molecule has 0 saturated heterocycles. The Bertz CT molecular complexity index is 252. The van der Waals surface area contributed by atoms with E-state index in [0.717, 1.165) is 5.76 Å². The Labute approximate surface area is 65.4 Å². The third-order valence-corrected chi connectivity index (χ3v) is 2.11. The van der Waals surface area contributed by atoms with Gasteiger partial charge in [-0.1, -0.05) is 0 Å². The van der Waals surface area contributed by atoms with Gasteiger partial charge in [-0.3, -0.25) is 0 Å². The summed E-state index contributed by atoms with van der Waals surface area (Å²) in [5, 5.41) is 0. The van der Waals surface area contributed by atoms with E-state index in [1.54, 1.807) is 6.07 Å². The molecule has 1 fully saturated rings. The van der Waals surface area contributed by atoms with Crippen LogP contribution in [-0.4, -0.2) is 0 Å². The fraction of sp³-hybridized carbons (Fsp3) is 0.500. The smallest absolute Gasteiger partial charge is 0.190 e. The standard InChI is InChI=1S/C8H12N2O/c9-7-4-3-6(11-7)8(10)5-1-2-5/h3-5,8H,1-2,9-10H2. The maximum Gasteiger partial charge on any atom is 0.190 e. The first-order chi connectivity index (χ1) is 5.27. The van der Waals surface area contributed by atoms with Crippen LogP contribution in [0.2, 0.25) is 0 Å². The molecule has 3 nitrogen and oxygen atoms in total. The second-order valence-corrected chi connectivity index (χ2v) is 3.10. The molecule has 0 aromatic carbocycles. The first kappa shape index (κ1) is 6.73. The SMILES string of the molecule is Nc1ccc(C(N)C2CC2)o1. The highest BCUT2D eigenvalue weighted by atomic mass is 16.4. The average Bonchev–Trinajstić information content (AvgIpc) is 2.74. The van der Waals surface area contributed by atoms with Gasteiger partial charge in [0.15, 0.2) is 5.88 Å². The Morgan fingerprint density at radius 1 is 1.45 bits per heavy atom. The largest absolute Gasteiger partial charge is 0.444 e. The zero-order chi connectivity index (χ0) is 7.84. The summed E-state index contributed by atoms with van der Waals surface area (Å²) in [6.45, 7) is 0. The van der Waals surface area contributed by atoms with E-state index in [2.05, 4.69) is 0 Å². The van der Waals surface area contributed by atoms with Crippen molar-refractivity contribution in [2.24, 2.45) is 11.7 Å². The third kappa shape index (κ3) is 1.24. The summed E-state index contributed by atoms with van der Waals surface area (Å²) in [6.07, 6.45) is 2.45. The molecular weight excluding hydrogens is 140 g/mol. The van der Waals surface area contributed by atoms with Crippen molar-refractivity contribution in [3.05, 3.63) is 17.9 Å². The first-order valence-corrected chi connectivity index (χ1v) is 3.88. The van der Waals surface area contributed by atoms with Crippen molar-refractivity contribution in [2.75, 3.05) is 5.73 Å². The molecule has 1 saturated carbocycles. The Morgan fingerprint density at radius 3 is 2.64 bits per heavy atom. The molecule has 1 unspecified atom stereocenters. The van der Waals surface area contributed by atoms with Gasteiger partial charge in [0.2, 0.25) is 0 Å². The van der Waals surface area contributed by atoms with Gasteiger partial charge in [0, 0.05) is 6.07 Å². The lowest BCUT2D eigenvalue weighted by Gasteiger charge is -2.04. The molecule has 1 atom stereocenters. The minimum Gasteiger partial charge on any atom is -0.444 e. The van der Waals surface area contributed by atoms with Crippen LogP contribution < -0.4 is 11.5 Å². The second kappa shape index (κ2) is 2.27. The fourth-order valence-electron chi connectivity index (χ4n) is 1.24. The number of rotatable bonds is 2. The fourth-order valence-corrected chi connectivity index (χ4v) is 1.24. The lowest BCUT2D eigenvalue weighted by Crippen LogP contribution is -2.10. The van der Waals surface area contributed by atoms with E-state index in [0.29, 0.717) is 11.8 Å². The van der Waals surface area contributed by atoms with Gasteiger partial charge in [0.25, 0.3) is 0 Å². The van der Waals surface area contributed by atoms with Gasteiger partial charge < -0.3 is 15.9 Å². The maximum atomic E-state index is 5.86. The van der Waals surface area contributed by atoms with E-state index in [-0.39, 0.29) is 6.04 Å². The molecule has 1 aromatic heterocycles. The first-order valence-electron chi connectivity index (χ1n) is 3.88. The average molecular weight is 152 g/mol. The molecule has 0 amide bonds. The Balaban J connectivity index is 2.14. The highest BCUT2D eigenvalue weighted by molar-refractivity contribution is 5.27. The molecule has 0 spiro atoms. The van der Waals surface area contributed by atoms with Gasteiger partial charge in [-0.15, -0.1) is 0 Å². The molecule has 11 heavy (non-hydrogen) atoms. The van der Waals surface area contributed by atoms with Crippen LogP contribution in [0.1, 0.15) is 24.6 Å². The third-order valence-electron chi connectivity index (χ3n) is 2.11. The zero-order valence-corrected chi connectivity index (χ0v) is 6.29. The van der Waals surface area contributed by atoms with E-state index in [4.69, 9.17) is 15.9 Å². The van der Waals surface area contributed by atoms with Crippen LogP contribution in [0.4, 0.5) is 5.88 Å². The number of furan rings is 1. The van der Waals surface area contributed by atoms with Crippen molar-refractivity contribution in [3.63, 3.8) is 0 Å². The quantitative estimate of drug-likeness (QED) is 0.670. The molecule has 1 aromatic rings. The molecule has 1 aliphatic rings. The van der Waals surface area contributed by atoms with Crippen LogP contribution in [0.5, 0.6) is 0 Å². The lowest BCUT2D eigenvalue weighted by molar-refractivity contribution is 0.454. The van der Waals surface area contributed by atoms with Crippen molar-refractivity contribution in [2.45, 2.75) is 18.9 Å². The lowest BCUT2D eigenvalue weighted by atomic mass is 10.1. The maximum absolute atomic E-state index is 5.86. The van der Waals surface area contributed by atoms with E-state index in [1.165, 1.54) is 12.8 Å². The van der Waals surface area contributed by atoms with E-state index < -0.39 is 0 Å². The van der Waals surface area contributed by atoms with Crippen molar-refractivity contribution < 1.29 is 4.42 Å². The van der Waals surface area contributed by atoms with E-state index in [9.17, 15) is 0 Å². The van der Waals surface area contributed by atoms with Gasteiger partial charge in [-0.05, 0) is 24.8 Å². The molecule has 60 valence electrons. The summed E-state index contributed by atoms with van der Waals surface area (Å²) >= 11 is 0. The Morgan fingerprint density at radius 2 is 2.18 bits per heavy atom. The van der Waals surface area contributed by atoms with Gasteiger partial charge in [0.05, 0.1) is 6.04 Å². The molecule has 0 aliphatic heterocycles. The molecule has 1 heterocycles. The Hall–Kier alpha value is -0.960. The summed E-state index contributed by atoms with van der Waals surface area (Å²) in [6, 6.07) is 3.67. The van der Waals surface area contributed by atoms with Gasteiger partial charge in [-0.25, -0.2) is 0 Å². The molecule has 2 rings (SSSR count). The van der Waals surface area contributed by atoms with Crippen molar-refractivity contribution >= 4 is 5.88 Å². The van der Waals surface area contributed by atoms with E-state index >= 15 is 0 Å². The monoisotopic (exact) mass is 152 g/mol. The molecule has 3 heteroatoms. The van der Waals surface area contributed by atoms with Gasteiger partial charge in [-0.2, -0.15) is 0 Å². The molecule has 0 bridgehead atoms. The van der Waals surface area contributed by atoms with Crippen molar-refractivity contribution in [3.8, 4) is 0 Å². The van der Waals surface area contributed by atoms with Gasteiger partial charge >= 0.3 is 0 Å². The van der Waals surface area contributed by atoms with Crippen LogP contribution in [0, 0.1) is 5.92 Å². The van der Waals surface area contributed by atoms with Crippen molar-refractivity contribution in [1.29, 1.82) is 0 Å². The van der Waals surface area contributed by atoms with Crippen LogP contribution >= 0.6 is 0 Å². The minimum atomic E-state index is 0.0623. The number of anilines is 1. The second-order valence-electron chi connectivity index (χ2n) is 3.10. The predicted molar refractivity (Wildman–Crippen MR) is 42.8 cm³/mol. The Kier molecular flexibility index (Phi) is 1.39. The molecule has 1 aliphatic carbocycles. The highest BCUT2D eigenvalue weighted by Gasteiger charge is 2.31. The summed E-state index contributed by atoms with van der Waals surface area (Å²) in [7, 11) is 0. The normalized spacial score (nSPS) is 20.1. The molecule has 4 N–H and O–H groups in total. The number of nitrogen functional groups attached to an aromatic ring is 1. The number of nitrogens with two attached hydrogens (primary N) is 2. The highest BCUT2D eigenvalue weighted by Crippen LogP contribution is 2.39. The zero-order valence-electron chi connectivity index (χ0n) is 6.29. The van der Waals surface area contributed by atoms with Crippen molar-refractivity contribution in [1.82, 2.24) is 0 Å². The predicted octanol–water partition coefficient (Wildman–Crippen LogP) is 1.27. The minimum absolute atomic E-state index is 0.0623. The van der Waals surface area contributed by atoms with Crippen LogP contribution in [0.15, 0.2) is 16.5 Å². The van der Waals surface area contributed by atoms with Crippen LogP contribution in [-0.2, 0) is 0 Å². The summed E-state index contributed by atoms with van der Waals surface area (Å²) in [4.78, 5) is 0. The van der Waals surface area contributed by atoms with Crippen LogP contribution in [0.3, 0.4) is 0 Å². The molecular formula is C8H12N2O. The molecule has 0 radical (unpaired) electrons. The van der Waals surface area contributed by atoms with Gasteiger partial charge in [0.1, 0.15) is 5.76 Å².